The van der Waals surface area contributed by atoms with Crippen LogP contribution in [0.4, 0.5) is 5.69 Å². The zero-order valence-corrected chi connectivity index (χ0v) is 16.9. The van der Waals surface area contributed by atoms with Crippen LogP contribution in [-0.2, 0) is 6.61 Å². The largest absolute Gasteiger partial charge is 0.487 e. The third-order valence-electron chi connectivity index (χ3n) is 5.41. The number of imidazole rings is 1. The third-order valence-corrected chi connectivity index (χ3v) is 5.41. The predicted octanol–water partition coefficient (Wildman–Crippen LogP) is 5.03. The fourth-order valence-electron chi connectivity index (χ4n) is 3.69. The number of amides is 1. The number of aryl methyl sites for hydroxylation is 1. The molecule has 2 heterocycles. The highest BCUT2D eigenvalue weighted by Gasteiger charge is 2.34. The van der Waals surface area contributed by atoms with Gasteiger partial charge in [0.25, 0.3) is 5.91 Å². The molecule has 5 heteroatoms. The lowest BCUT2D eigenvalue weighted by molar-refractivity contribution is 0.0985. The van der Waals surface area contributed by atoms with E-state index in [2.05, 4.69) is 4.98 Å². The van der Waals surface area contributed by atoms with Gasteiger partial charge in [0, 0.05) is 29.7 Å². The van der Waals surface area contributed by atoms with E-state index in [1.165, 1.54) is 0 Å². The van der Waals surface area contributed by atoms with E-state index in [1.54, 1.807) is 0 Å². The quantitative estimate of drug-likeness (QED) is 0.458. The molecule has 1 fully saturated rings. The summed E-state index contributed by atoms with van der Waals surface area (Å²) in [6.45, 7) is 2.43. The standard InChI is InChI=1S/C25H23N3O2/c1-18-6-2-3-7-23(18)28(21-11-12-21)25(29)19-9-13-22(14-10-19)30-17-20-16-27-15-5-4-8-24(27)26-20/h2-10,13-16,21H,11-12,17H2,1H3. The maximum Gasteiger partial charge on any atom is 0.258 e. The predicted molar refractivity (Wildman–Crippen MR) is 117 cm³/mol. The molecule has 4 aromatic rings. The Balaban J connectivity index is 1.30. The Hall–Kier alpha value is -3.60. The number of carbonyl (C=O) groups is 1. The Bertz CT molecular complexity index is 1160. The summed E-state index contributed by atoms with van der Waals surface area (Å²) in [7, 11) is 0. The summed E-state index contributed by atoms with van der Waals surface area (Å²) in [5.41, 5.74) is 4.54. The van der Waals surface area contributed by atoms with Crippen LogP contribution in [-0.4, -0.2) is 21.3 Å². The number of hydrogen-bond donors (Lipinski definition) is 0. The molecule has 0 saturated heterocycles. The Morgan fingerprint density at radius 1 is 1.07 bits per heavy atom. The Kier molecular flexibility index (Phi) is 4.71. The van der Waals surface area contributed by atoms with E-state index in [4.69, 9.17) is 4.74 Å². The smallest absolute Gasteiger partial charge is 0.258 e. The number of ether oxygens (including phenoxy) is 1. The molecule has 150 valence electrons. The molecule has 0 radical (unpaired) electrons. The highest BCUT2D eigenvalue weighted by Crippen LogP contribution is 2.34. The minimum absolute atomic E-state index is 0.0405. The maximum absolute atomic E-state index is 13.2. The molecule has 30 heavy (non-hydrogen) atoms. The summed E-state index contributed by atoms with van der Waals surface area (Å²) in [4.78, 5) is 19.7. The summed E-state index contributed by atoms with van der Waals surface area (Å²) in [6.07, 6.45) is 6.04. The number of para-hydroxylation sites is 1. The van der Waals surface area contributed by atoms with Gasteiger partial charge in [-0.2, -0.15) is 0 Å². The number of pyridine rings is 1. The molecule has 1 aliphatic carbocycles. The Morgan fingerprint density at radius 2 is 1.83 bits per heavy atom. The molecule has 5 nitrogen and oxygen atoms in total. The molecule has 1 aliphatic rings. The minimum Gasteiger partial charge on any atom is -0.487 e. The number of fused-ring (bicyclic) bond motifs is 1. The molecule has 5 rings (SSSR count). The topological polar surface area (TPSA) is 46.8 Å². The van der Waals surface area contributed by atoms with Gasteiger partial charge in [0.1, 0.15) is 18.0 Å². The van der Waals surface area contributed by atoms with Crippen LogP contribution < -0.4 is 9.64 Å². The lowest BCUT2D eigenvalue weighted by atomic mass is 10.1. The Morgan fingerprint density at radius 3 is 2.57 bits per heavy atom. The maximum atomic E-state index is 13.2. The fourth-order valence-corrected chi connectivity index (χ4v) is 3.69. The molecule has 0 N–H and O–H groups in total. The molecule has 0 atom stereocenters. The molecular formula is C25H23N3O2. The van der Waals surface area contributed by atoms with Gasteiger partial charge in [-0.05, 0) is 67.8 Å². The lowest BCUT2D eigenvalue weighted by Crippen LogP contribution is -2.33. The number of aromatic nitrogens is 2. The first-order chi connectivity index (χ1) is 14.7. The summed E-state index contributed by atoms with van der Waals surface area (Å²) >= 11 is 0. The number of rotatable bonds is 6. The van der Waals surface area contributed by atoms with Crippen LogP contribution in [0.2, 0.25) is 0 Å². The van der Waals surface area contributed by atoms with Gasteiger partial charge in [0.05, 0.1) is 5.69 Å². The van der Waals surface area contributed by atoms with Crippen LogP contribution in [0.1, 0.15) is 34.5 Å². The second-order valence-electron chi connectivity index (χ2n) is 7.70. The van der Waals surface area contributed by atoms with Crippen molar-refractivity contribution in [2.24, 2.45) is 0 Å². The summed E-state index contributed by atoms with van der Waals surface area (Å²) < 4.78 is 7.85. The van der Waals surface area contributed by atoms with Crippen molar-refractivity contribution in [1.29, 1.82) is 0 Å². The second-order valence-corrected chi connectivity index (χ2v) is 7.70. The third kappa shape index (κ3) is 3.66. The van der Waals surface area contributed by atoms with Gasteiger partial charge < -0.3 is 14.0 Å². The molecule has 0 bridgehead atoms. The lowest BCUT2D eigenvalue weighted by Gasteiger charge is -2.24. The summed E-state index contributed by atoms with van der Waals surface area (Å²) in [5, 5.41) is 0. The number of benzene rings is 2. The molecule has 0 unspecified atom stereocenters. The molecule has 0 aliphatic heterocycles. The molecule has 1 amide bonds. The first-order valence-electron chi connectivity index (χ1n) is 10.2. The van der Waals surface area contributed by atoms with Crippen LogP contribution in [0.25, 0.3) is 5.65 Å². The number of anilines is 1. The highest BCUT2D eigenvalue weighted by atomic mass is 16.5. The minimum atomic E-state index is 0.0405. The molecule has 0 spiro atoms. The molecule has 2 aromatic heterocycles. The number of hydrogen-bond acceptors (Lipinski definition) is 3. The molecule has 1 saturated carbocycles. The first-order valence-corrected chi connectivity index (χ1v) is 10.2. The van der Waals surface area contributed by atoms with Crippen molar-refractivity contribution in [3.05, 3.63) is 95.9 Å². The number of carbonyl (C=O) groups excluding carboxylic acids is 1. The van der Waals surface area contributed by atoms with Crippen molar-refractivity contribution in [3.8, 4) is 5.75 Å². The Labute approximate surface area is 175 Å². The van der Waals surface area contributed by atoms with Crippen molar-refractivity contribution in [1.82, 2.24) is 9.38 Å². The van der Waals surface area contributed by atoms with E-state index < -0.39 is 0 Å². The van der Waals surface area contributed by atoms with E-state index in [-0.39, 0.29) is 5.91 Å². The van der Waals surface area contributed by atoms with Gasteiger partial charge in [-0.25, -0.2) is 4.98 Å². The van der Waals surface area contributed by atoms with Crippen LogP contribution >= 0.6 is 0 Å². The van der Waals surface area contributed by atoms with E-state index in [0.717, 1.165) is 41.2 Å². The van der Waals surface area contributed by atoms with Crippen molar-refractivity contribution in [2.45, 2.75) is 32.4 Å². The van der Waals surface area contributed by atoms with Crippen molar-refractivity contribution >= 4 is 17.2 Å². The normalized spacial score (nSPS) is 13.4. The van der Waals surface area contributed by atoms with Gasteiger partial charge in [0.2, 0.25) is 0 Å². The monoisotopic (exact) mass is 397 g/mol. The molecular weight excluding hydrogens is 374 g/mol. The van der Waals surface area contributed by atoms with Crippen LogP contribution in [0.3, 0.4) is 0 Å². The van der Waals surface area contributed by atoms with Gasteiger partial charge in [-0.15, -0.1) is 0 Å². The SMILES string of the molecule is Cc1ccccc1N(C(=O)c1ccc(OCc2cn3ccccc3n2)cc1)C1CC1. The van der Waals surface area contributed by atoms with Crippen LogP contribution in [0, 0.1) is 6.92 Å². The average Bonchev–Trinajstić information content (AvgIpc) is 3.51. The van der Waals surface area contributed by atoms with Crippen LogP contribution in [0.5, 0.6) is 5.75 Å². The van der Waals surface area contributed by atoms with E-state index in [0.29, 0.717) is 18.2 Å². The van der Waals surface area contributed by atoms with Crippen molar-refractivity contribution in [2.75, 3.05) is 4.90 Å². The van der Waals surface area contributed by atoms with Gasteiger partial charge in [-0.1, -0.05) is 24.3 Å². The highest BCUT2D eigenvalue weighted by molar-refractivity contribution is 6.07. The number of nitrogens with zero attached hydrogens (tertiary/aromatic N) is 3. The average molecular weight is 397 g/mol. The fraction of sp³-hybridized carbons (Fsp3) is 0.200. The zero-order chi connectivity index (χ0) is 20.5. The van der Waals surface area contributed by atoms with E-state index >= 15 is 0 Å². The van der Waals surface area contributed by atoms with Crippen molar-refractivity contribution in [3.63, 3.8) is 0 Å². The summed E-state index contributed by atoms with van der Waals surface area (Å²) in [6, 6.07) is 21.6. The van der Waals surface area contributed by atoms with Gasteiger partial charge >= 0.3 is 0 Å². The van der Waals surface area contributed by atoms with Gasteiger partial charge in [-0.3, -0.25) is 4.79 Å². The first kappa shape index (κ1) is 18.4. The summed E-state index contributed by atoms with van der Waals surface area (Å²) in [5.74, 6) is 0.760. The van der Waals surface area contributed by atoms with Crippen molar-refractivity contribution < 1.29 is 9.53 Å². The van der Waals surface area contributed by atoms with E-state index in [9.17, 15) is 4.79 Å². The van der Waals surface area contributed by atoms with E-state index in [1.807, 2.05) is 95.3 Å². The van der Waals surface area contributed by atoms with Gasteiger partial charge in [0.15, 0.2) is 0 Å². The second kappa shape index (κ2) is 7.67. The van der Waals surface area contributed by atoms with Crippen LogP contribution in [0.15, 0.2) is 79.1 Å². The molecule has 2 aromatic carbocycles. The zero-order valence-electron chi connectivity index (χ0n) is 16.9.